The third kappa shape index (κ3) is 4.45. The molecule has 0 saturated heterocycles. The van der Waals surface area contributed by atoms with E-state index < -0.39 is 29.3 Å². The molecule has 1 aliphatic rings. The van der Waals surface area contributed by atoms with Crippen LogP contribution in [0.1, 0.15) is 18.9 Å². The van der Waals surface area contributed by atoms with Gasteiger partial charge in [-0.1, -0.05) is 19.1 Å². The molecule has 1 aliphatic heterocycles. The molecule has 0 unspecified atom stereocenters. The fourth-order valence-corrected chi connectivity index (χ4v) is 3.39. The van der Waals surface area contributed by atoms with Crippen LogP contribution >= 0.6 is 0 Å². The van der Waals surface area contributed by atoms with Gasteiger partial charge in [-0.2, -0.15) is 0 Å². The minimum Gasteiger partial charge on any atom is -0.494 e. The number of hydrogen-bond donors (Lipinski definition) is 1. The van der Waals surface area contributed by atoms with Crippen LogP contribution in [-0.4, -0.2) is 18.4 Å². The number of amides is 2. The minimum absolute atomic E-state index is 0.0381. The summed E-state index contributed by atoms with van der Waals surface area (Å²) in [6.45, 7) is 2.50. The summed E-state index contributed by atoms with van der Waals surface area (Å²) in [5.74, 6) is -3.42. The Morgan fingerprint density at radius 2 is 1.55 bits per heavy atom. The Kier molecular flexibility index (Phi) is 6.17. The van der Waals surface area contributed by atoms with E-state index in [1.54, 1.807) is 24.3 Å². The van der Waals surface area contributed by atoms with E-state index in [1.807, 2.05) is 6.92 Å². The average molecular weight is 452 g/mol. The molecule has 0 aromatic heterocycles. The molecule has 168 valence electrons. The van der Waals surface area contributed by atoms with Crippen molar-refractivity contribution in [2.24, 2.45) is 0 Å². The lowest BCUT2D eigenvalue weighted by molar-refractivity contribution is -0.120. The number of benzene rings is 3. The molecular formula is C25H19F3N2O3. The zero-order chi connectivity index (χ0) is 23.5. The Morgan fingerprint density at radius 1 is 0.848 bits per heavy atom. The summed E-state index contributed by atoms with van der Waals surface area (Å²) in [6.07, 6.45) is 0.828. The molecule has 2 amide bonds. The molecule has 1 N–H and O–H groups in total. The molecule has 8 heteroatoms. The van der Waals surface area contributed by atoms with Gasteiger partial charge in [0, 0.05) is 11.8 Å². The van der Waals surface area contributed by atoms with Crippen molar-refractivity contribution in [3.63, 3.8) is 0 Å². The first kappa shape index (κ1) is 22.1. The molecule has 4 rings (SSSR count). The maximum atomic E-state index is 13.7. The lowest BCUT2D eigenvalue weighted by atomic mass is 10.0. The molecule has 1 heterocycles. The van der Waals surface area contributed by atoms with Crippen molar-refractivity contribution in [2.75, 3.05) is 16.8 Å². The number of carbonyl (C=O) groups is 2. The van der Waals surface area contributed by atoms with Gasteiger partial charge in [0.1, 0.15) is 17.3 Å². The van der Waals surface area contributed by atoms with Crippen molar-refractivity contribution in [1.82, 2.24) is 0 Å². The molecule has 0 spiro atoms. The fraction of sp³-hybridized carbons (Fsp3) is 0.120. The van der Waals surface area contributed by atoms with Crippen LogP contribution in [-0.2, 0) is 9.59 Å². The number of nitrogens with zero attached hydrogens (tertiary/aromatic N) is 1. The van der Waals surface area contributed by atoms with E-state index in [2.05, 4.69) is 5.32 Å². The van der Waals surface area contributed by atoms with Gasteiger partial charge in [-0.25, -0.2) is 18.1 Å². The van der Waals surface area contributed by atoms with Gasteiger partial charge < -0.3 is 10.1 Å². The Hall–Kier alpha value is -4.07. The van der Waals surface area contributed by atoms with Crippen LogP contribution in [0.5, 0.6) is 5.75 Å². The van der Waals surface area contributed by atoms with Crippen molar-refractivity contribution in [2.45, 2.75) is 13.3 Å². The van der Waals surface area contributed by atoms with Crippen LogP contribution in [0.15, 0.2) is 72.4 Å². The summed E-state index contributed by atoms with van der Waals surface area (Å²) in [7, 11) is 0. The molecule has 0 fully saturated rings. The summed E-state index contributed by atoms with van der Waals surface area (Å²) in [5.41, 5.74) is 0.612. The average Bonchev–Trinajstić information content (AvgIpc) is 3.05. The van der Waals surface area contributed by atoms with Gasteiger partial charge in [0.15, 0.2) is 11.6 Å². The van der Waals surface area contributed by atoms with Crippen LogP contribution < -0.4 is 15.0 Å². The maximum Gasteiger partial charge on any atom is 0.282 e. The van der Waals surface area contributed by atoms with E-state index in [1.165, 1.54) is 18.2 Å². The second kappa shape index (κ2) is 9.20. The highest BCUT2D eigenvalue weighted by Crippen LogP contribution is 2.34. The molecular weight excluding hydrogens is 433 g/mol. The summed E-state index contributed by atoms with van der Waals surface area (Å²) in [6, 6.07) is 14.6. The van der Waals surface area contributed by atoms with Crippen molar-refractivity contribution >= 4 is 28.8 Å². The highest BCUT2D eigenvalue weighted by atomic mass is 19.2. The second-order valence-electron chi connectivity index (χ2n) is 7.30. The maximum absolute atomic E-state index is 13.7. The van der Waals surface area contributed by atoms with E-state index in [0.29, 0.717) is 17.9 Å². The zero-order valence-corrected chi connectivity index (χ0v) is 17.6. The van der Waals surface area contributed by atoms with E-state index >= 15 is 0 Å². The third-order valence-corrected chi connectivity index (χ3v) is 4.97. The number of carbonyl (C=O) groups excluding carboxylic acids is 2. The van der Waals surface area contributed by atoms with Gasteiger partial charge >= 0.3 is 0 Å². The van der Waals surface area contributed by atoms with Crippen molar-refractivity contribution in [1.29, 1.82) is 0 Å². The van der Waals surface area contributed by atoms with Crippen LogP contribution in [0.25, 0.3) is 5.57 Å². The lowest BCUT2D eigenvalue weighted by Gasteiger charge is -2.15. The minimum atomic E-state index is -1.10. The molecule has 3 aromatic rings. The smallest absolute Gasteiger partial charge is 0.282 e. The van der Waals surface area contributed by atoms with Gasteiger partial charge in [0.05, 0.1) is 17.9 Å². The van der Waals surface area contributed by atoms with Crippen molar-refractivity contribution in [3.05, 3.63) is 95.4 Å². The van der Waals surface area contributed by atoms with Gasteiger partial charge in [-0.3, -0.25) is 9.59 Å². The summed E-state index contributed by atoms with van der Waals surface area (Å²) in [4.78, 5) is 27.5. The highest BCUT2D eigenvalue weighted by molar-refractivity contribution is 6.46. The SMILES string of the molecule is CCCOc1ccc(C2=C(Nc3ccc(F)c(F)c3)C(=O)N(c3ccc(F)cc3)C2=O)cc1. The van der Waals surface area contributed by atoms with E-state index in [4.69, 9.17) is 4.74 Å². The molecule has 33 heavy (non-hydrogen) atoms. The third-order valence-electron chi connectivity index (χ3n) is 4.97. The Morgan fingerprint density at radius 3 is 2.18 bits per heavy atom. The molecule has 0 saturated carbocycles. The number of anilines is 2. The standard InChI is InChI=1S/C25H19F3N2O3/c1-2-13-33-19-10-3-15(4-11-19)22-23(29-17-7-12-20(27)21(28)14-17)25(32)30(24(22)31)18-8-5-16(26)6-9-18/h3-12,14,29H,2,13H2,1H3. The van der Waals surface area contributed by atoms with E-state index in [9.17, 15) is 22.8 Å². The molecule has 0 atom stereocenters. The first-order chi connectivity index (χ1) is 15.9. The Balaban J connectivity index is 1.76. The quantitative estimate of drug-likeness (QED) is 0.495. The van der Waals surface area contributed by atoms with Crippen LogP contribution in [0.3, 0.4) is 0 Å². The summed E-state index contributed by atoms with van der Waals surface area (Å²) in [5, 5.41) is 2.75. The number of nitrogens with one attached hydrogen (secondary N) is 1. The molecule has 0 aliphatic carbocycles. The number of hydrogen-bond acceptors (Lipinski definition) is 4. The van der Waals surface area contributed by atoms with Gasteiger partial charge in [-0.05, 0) is 60.5 Å². The second-order valence-corrected chi connectivity index (χ2v) is 7.30. The van der Waals surface area contributed by atoms with Gasteiger partial charge in [0.25, 0.3) is 11.8 Å². The number of rotatable bonds is 7. The van der Waals surface area contributed by atoms with Crippen LogP contribution in [0.2, 0.25) is 0 Å². The van der Waals surface area contributed by atoms with Gasteiger partial charge in [-0.15, -0.1) is 0 Å². The molecule has 0 radical (unpaired) electrons. The predicted octanol–water partition coefficient (Wildman–Crippen LogP) is 5.29. The highest BCUT2D eigenvalue weighted by Gasteiger charge is 2.40. The van der Waals surface area contributed by atoms with E-state index in [-0.39, 0.29) is 22.6 Å². The zero-order valence-electron chi connectivity index (χ0n) is 17.6. The van der Waals surface area contributed by atoms with Crippen molar-refractivity contribution < 1.29 is 27.5 Å². The Bertz CT molecular complexity index is 1240. The normalized spacial score (nSPS) is 13.6. The topological polar surface area (TPSA) is 58.6 Å². The fourth-order valence-electron chi connectivity index (χ4n) is 3.39. The number of imide groups is 1. The summed E-state index contributed by atoms with van der Waals surface area (Å²) >= 11 is 0. The number of halogens is 3. The first-order valence-corrected chi connectivity index (χ1v) is 10.2. The molecule has 0 bridgehead atoms. The van der Waals surface area contributed by atoms with Crippen molar-refractivity contribution in [3.8, 4) is 5.75 Å². The lowest BCUT2D eigenvalue weighted by Crippen LogP contribution is -2.32. The Labute approximate surface area is 188 Å². The first-order valence-electron chi connectivity index (χ1n) is 10.2. The molecule has 3 aromatic carbocycles. The van der Waals surface area contributed by atoms with Crippen LogP contribution in [0, 0.1) is 17.5 Å². The number of ether oxygens (including phenoxy) is 1. The predicted molar refractivity (Wildman–Crippen MR) is 118 cm³/mol. The van der Waals surface area contributed by atoms with E-state index in [0.717, 1.165) is 35.6 Å². The summed E-state index contributed by atoms with van der Waals surface area (Å²) < 4.78 is 46.0. The monoisotopic (exact) mass is 452 g/mol. The largest absolute Gasteiger partial charge is 0.494 e. The van der Waals surface area contributed by atoms with Crippen LogP contribution in [0.4, 0.5) is 24.5 Å². The van der Waals surface area contributed by atoms with Gasteiger partial charge in [0.2, 0.25) is 0 Å². The molecule has 5 nitrogen and oxygen atoms in total.